The first kappa shape index (κ1) is 9.57. The van der Waals surface area contributed by atoms with Crippen molar-refractivity contribution in [1.82, 2.24) is 0 Å². The van der Waals surface area contributed by atoms with Crippen LogP contribution in [0.1, 0.15) is 12.0 Å². The summed E-state index contributed by atoms with van der Waals surface area (Å²) in [6, 6.07) is 2.70. The van der Waals surface area contributed by atoms with E-state index in [-0.39, 0.29) is 5.69 Å². The third-order valence-corrected chi connectivity index (χ3v) is 1.40. The minimum atomic E-state index is -2.75. The molecule has 0 aliphatic rings. The topological polar surface area (TPSA) is 29.1 Å². The Morgan fingerprint density at radius 2 is 2.00 bits per heavy atom. The Bertz CT molecular complexity index is 314. The molecule has 0 saturated heterocycles. The molecule has 0 aromatic heterocycles. The third-order valence-electron chi connectivity index (χ3n) is 1.40. The van der Waals surface area contributed by atoms with E-state index < -0.39 is 17.8 Å². The summed E-state index contributed by atoms with van der Waals surface area (Å²) < 4.78 is 36.8. The van der Waals surface area contributed by atoms with Crippen LogP contribution in [0.5, 0.6) is 0 Å². The van der Waals surface area contributed by atoms with E-state index in [0.29, 0.717) is 6.41 Å². The number of halogens is 3. The number of amides is 1. The van der Waals surface area contributed by atoms with Gasteiger partial charge in [-0.2, -0.15) is 0 Å². The SMILES string of the molecule is O=CNc1cc(F)cc(C(F)F)c1. The van der Waals surface area contributed by atoms with Crippen molar-refractivity contribution in [3.63, 3.8) is 0 Å². The monoisotopic (exact) mass is 189 g/mol. The summed E-state index contributed by atoms with van der Waals surface area (Å²) in [5.41, 5.74) is -0.436. The first-order valence-corrected chi connectivity index (χ1v) is 3.42. The molecule has 0 aliphatic carbocycles. The summed E-state index contributed by atoms with van der Waals surface area (Å²) in [4.78, 5) is 9.95. The van der Waals surface area contributed by atoms with Crippen molar-refractivity contribution in [3.05, 3.63) is 29.6 Å². The van der Waals surface area contributed by atoms with Gasteiger partial charge >= 0.3 is 0 Å². The second-order valence-electron chi connectivity index (χ2n) is 2.34. The van der Waals surface area contributed by atoms with Gasteiger partial charge in [0.05, 0.1) is 0 Å². The summed E-state index contributed by atoms with van der Waals surface area (Å²) in [6.45, 7) is 0. The van der Waals surface area contributed by atoms with E-state index in [4.69, 9.17) is 0 Å². The predicted molar refractivity (Wildman–Crippen MR) is 41.0 cm³/mol. The van der Waals surface area contributed by atoms with Crippen molar-refractivity contribution in [2.45, 2.75) is 6.43 Å². The lowest BCUT2D eigenvalue weighted by Gasteiger charge is -2.03. The Labute approximate surface area is 72.4 Å². The van der Waals surface area contributed by atoms with Gasteiger partial charge in [0.15, 0.2) is 0 Å². The number of carbonyl (C=O) groups excluding carboxylic acids is 1. The maximum atomic E-state index is 12.6. The van der Waals surface area contributed by atoms with E-state index >= 15 is 0 Å². The molecule has 1 aromatic rings. The number of anilines is 1. The molecular weight excluding hydrogens is 183 g/mol. The van der Waals surface area contributed by atoms with Crippen LogP contribution in [0.4, 0.5) is 18.9 Å². The van der Waals surface area contributed by atoms with Crippen LogP contribution in [0, 0.1) is 5.82 Å². The van der Waals surface area contributed by atoms with Crippen molar-refractivity contribution in [3.8, 4) is 0 Å². The highest BCUT2D eigenvalue weighted by atomic mass is 19.3. The zero-order chi connectivity index (χ0) is 9.84. The maximum Gasteiger partial charge on any atom is 0.264 e. The van der Waals surface area contributed by atoms with Gasteiger partial charge in [-0.3, -0.25) is 4.79 Å². The molecule has 1 N–H and O–H groups in total. The van der Waals surface area contributed by atoms with Crippen molar-refractivity contribution < 1.29 is 18.0 Å². The number of benzene rings is 1. The molecule has 1 rings (SSSR count). The molecule has 0 atom stereocenters. The van der Waals surface area contributed by atoms with E-state index in [2.05, 4.69) is 5.32 Å². The van der Waals surface area contributed by atoms with Crippen LogP contribution < -0.4 is 5.32 Å². The summed E-state index contributed by atoms with van der Waals surface area (Å²) in [5.74, 6) is -0.804. The number of carbonyl (C=O) groups is 1. The molecule has 0 spiro atoms. The Morgan fingerprint density at radius 3 is 2.54 bits per heavy atom. The minimum Gasteiger partial charge on any atom is -0.329 e. The summed E-state index contributed by atoms with van der Waals surface area (Å²) >= 11 is 0. The number of alkyl halides is 2. The highest BCUT2D eigenvalue weighted by Crippen LogP contribution is 2.23. The lowest BCUT2D eigenvalue weighted by molar-refractivity contribution is -0.105. The van der Waals surface area contributed by atoms with Crippen LogP contribution in [0.15, 0.2) is 18.2 Å². The molecular formula is C8H6F3NO. The van der Waals surface area contributed by atoms with Gasteiger partial charge in [-0.25, -0.2) is 13.2 Å². The Hall–Kier alpha value is -1.52. The maximum absolute atomic E-state index is 12.6. The highest BCUT2D eigenvalue weighted by Gasteiger charge is 2.09. The third kappa shape index (κ3) is 2.47. The second kappa shape index (κ2) is 3.93. The van der Waals surface area contributed by atoms with Crippen LogP contribution in [0.3, 0.4) is 0 Å². The molecule has 0 heterocycles. The molecule has 0 aliphatic heterocycles. The fraction of sp³-hybridized carbons (Fsp3) is 0.125. The number of rotatable bonds is 3. The predicted octanol–water partition coefficient (Wildman–Crippen LogP) is 2.33. The van der Waals surface area contributed by atoms with Gasteiger partial charge in [-0.15, -0.1) is 0 Å². The Balaban J connectivity index is 3.03. The first-order valence-electron chi connectivity index (χ1n) is 3.42. The molecule has 1 aromatic carbocycles. The van der Waals surface area contributed by atoms with Crippen LogP contribution in [-0.4, -0.2) is 6.41 Å². The van der Waals surface area contributed by atoms with Crippen molar-refractivity contribution in [1.29, 1.82) is 0 Å². The van der Waals surface area contributed by atoms with Gasteiger partial charge in [0, 0.05) is 11.3 Å². The van der Waals surface area contributed by atoms with Crippen LogP contribution in [-0.2, 0) is 4.79 Å². The molecule has 1 amide bonds. The normalized spacial score (nSPS) is 10.2. The molecule has 0 unspecified atom stereocenters. The van der Waals surface area contributed by atoms with Crippen molar-refractivity contribution in [2.75, 3.05) is 5.32 Å². The molecule has 70 valence electrons. The van der Waals surface area contributed by atoms with E-state index in [9.17, 15) is 18.0 Å². The summed E-state index contributed by atoms with van der Waals surface area (Å²) in [6.07, 6.45) is -2.45. The average Bonchev–Trinajstić information content (AvgIpc) is 2.03. The lowest BCUT2D eigenvalue weighted by Crippen LogP contribution is -1.96. The smallest absolute Gasteiger partial charge is 0.264 e. The van der Waals surface area contributed by atoms with Gasteiger partial charge in [-0.1, -0.05) is 0 Å². The van der Waals surface area contributed by atoms with E-state index in [1.165, 1.54) is 0 Å². The molecule has 13 heavy (non-hydrogen) atoms. The second-order valence-corrected chi connectivity index (χ2v) is 2.34. The van der Waals surface area contributed by atoms with E-state index in [0.717, 1.165) is 18.2 Å². The standard InChI is InChI=1S/C8H6F3NO/c9-6-1-5(8(10)11)2-7(3-6)12-4-13/h1-4,8H,(H,12,13). The molecule has 0 saturated carbocycles. The van der Waals surface area contributed by atoms with Gasteiger partial charge < -0.3 is 5.32 Å². The largest absolute Gasteiger partial charge is 0.329 e. The van der Waals surface area contributed by atoms with Crippen LogP contribution in [0.2, 0.25) is 0 Å². The zero-order valence-electron chi connectivity index (χ0n) is 6.43. The van der Waals surface area contributed by atoms with Crippen molar-refractivity contribution in [2.24, 2.45) is 0 Å². The van der Waals surface area contributed by atoms with Crippen LogP contribution in [0.25, 0.3) is 0 Å². The lowest BCUT2D eigenvalue weighted by atomic mass is 10.2. The summed E-state index contributed by atoms with van der Waals surface area (Å²) in [5, 5.41) is 2.09. The zero-order valence-corrected chi connectivity index (χ0v) is 6.43. The van der Waals surface area contributed by atoms with E-state index in [1.807, 2.05) is 0 Å². The Kier molecular flexibility index (Phi) is 2.89. The fourth-order valence-corrected chi connectivity index (χ4v) is 0.890. The molecule has 0 bridgehead atoms. The number of hydrogen-bond donors (Lipinski definition) is 1. The highest BCUT2D eigenvalue weighted by molar-refractivity contribution is 5.71. The fourth-order valence-electron chi connectivity index (χ4n) is 0.890. The number of nitrogens with one attached hydrogen (secondary N) is 1. The summed E-state index contributed by atoms with van der Waals surface area (Å²) in [7, 11) is 0. The molecule has 5 heteroatoms. The molecule has 0 radical (unpaired) electrons. The quantitative estimate of drug-likeness (QED) is 0.726. The van der Waals surface area contributed by atoms with Crippen molar-refractivity contribution >= 4 is 12.1 Å². The first-order chi connectivity index (χ1) is 6.13. The van der Waals surface area contributed by atoms with Crippen LogP contribution >= 0.6 is 0 Å². The minimum absolute atomic E-state index is 0.0188. The van der Waals surface area contributed by atoms with Gasteiger partial charge in [0.2, 0.25) is 6.41 Å². The molecule has 2 nitrogen and oxygen atoms in total. The van der Waals surface area contributed by atoms with Gasteiger partial charge in [0.1, 0.15) is 5.82 Å². The molecule has 0 fully saturated rings. The van der Waals surface area contributed by atoms with E-state index in [1.54, 1.807) is 0 Å². The Morgan fingerprint density at radius 1 is 1.31 bits per heavy atom. The average molecular weight is 189 g/mol. The van der Waals surface area contributed by atoms with Gasteiger partial charge in [-0.05, 0) is 18.2 Å². The van der Waals surface area contributed by atoms with Gasteiger partial charge in [0.25, 0.3) is 6.43 Å². The number of hydrogen-bond acceptors (Lipinski definition) is 1.